The Morgan fingerprint density at radius 2 is 1.89 bits per heavy atom. The van der Waals surface area contributed by atoms with Crippen LogP contribution >= 0.6 is 24.8 Å². The fraction of sp³-hybridized carbons (Fsp3) is 0.769. The van der Waals surface area contributed by atoms with Crippen LogP contribution in [-0.2, 0) is 13.1 Å². The summed E-state index contributed by atoms with van der Waals surface area (Å²) in [6.45, 7) is 13.0. The molecular weight excluding hydrogens is 283 g/mol. The van der Waals surface area contributed by atoms with Crippen LogP contribution in [0.3, 0.4) is 0 Å². The van der Waals surface area contributed by atoms with Crippen molar-refractivity contribution in [3.63, 3.8) is 0 Å². The first kappa shape index (κ1) is 21.0. The normalized spacial score (nSPS) is 10.1. The number of aryl methyl sites for hydroxylation is 1. The SMILES string of the molecule is CCCn1nccc1CNCCN(CC)CC.Cl.Cl. The summed E-state index contributed by atoms with van der Waals surface area (Å²) in [6.07, 6.45) is 3.02. The van der Waals surface area contributed by atoms with Crippen LogP contribution in [0.5, 0.6) is 0 Å². The Balaban J connectivity index is 0. The zero-order valence-electron chi connectivity index (χ0n) is 12.3. The molecule has 0 atom stereocenters. The number of hydrogen-bond acceptors (Lipinski definition) is 3. The Morgan fingerprint density at radius 1 is 1.21 bits per heavy atom. The average molecular weight is 311 g/mol. The minimum Gasteiger partial charge on any atom is -0.310 e. The van der Waals surface area contributed by atoms with Crippen LogP contribution in [0.4, 0.5) is 0 Å². The van der Waals surface area contributed by atoms with Gasteiger partial charge in [-0.05, 0) is 25.6 Å². The van der Waals surface area contributed by atoms with Crippen molar-refractivity contribution in [3.8, 4) is 0 Å². The van der Waals surface area contributed by atoms with Crippen LogP contribution in [0.15, 0.2) is 12.3 Å². The largest absolute Gasteiger partial charge is 0.310 e. The quantitative estimate of drug-likeness (QED) is 0.712. The lowest BCUT2D eigenvalue weighted by Crippen LogP contribution is -2.32. The summed E-state index contributed by atoms with van der Waals surface area (Å²) in [5.74, 6) is 0. The van der Waals surface area contributed by atoms with Crippen molar-refractivity contribution < 1.29 is 0 Å². The molecule has 0 amide bonds. The monoisotopic (exact) mass is 310 g/mol. The number of nitrogens with one attached hydrogen (secondary N) is 1. The molecule has 0 bridgehead atoms. The molecule has 19 heavy (non-hydrogen) atoms. The second kappa shape index (κ2) is 12.7. The summed E-state index contributed by atoms with van der Waals surface area (Å²) in [5.41, 5.74) is 1.28. The molecular formula is C13H28Cl2N4. The molecule has 6 heteroatoms. The van der Waals surface area contributed by atoms with Crippen molar-refractivity contribution in [2.24, 2.45) is 0 Å². The van der Waals surface area contributed by atoms with E-state index in [0.29, 0.717) is 0 Å². The van der Waals surface area contributed by atoms with Gasteiger partial charge in [0.25, 0.3) is 0 Å². The van der Waals surface area contributed by atoms with E-state index >= 15 is 0 Å². The van der Waals surface area contributed by atoms with E-state index in [1.807, 2.05) is 6.20 Å². The van der Waals surface area contributed by atoms with Crippen molar-refractivity contribution in [1.82, 2.24) is 20.0 Å². The standard InChI is InChI=1S/C13H26N4.2ClH/c1-4-10-17-13(7-8-15-17)12-14-9-11-16(5-2)6-3;;/h7-8,14H,4-6,9-12H2,1-3H3;2*1H. The van der Waals surface area contributed by atoms with Gasteiger partial charge in [-0.1, -0.05) is 20.8 Å². The van der Waals surface area contributed by atoms with E-state index in [1.54, 1.807) is 0 Å². The maximum absolute atomic E-state index is 4.32. The lowest BCUT2D eigenvalue weighted by atomic mass is 10.4. The first-order valence-electron chi connectivity index (χ1n) is 6.75. The van der Waals surface area contributed by atoms with Crippen molar-refractivity contribution in [2.75, 3.05) is 26.2 Å². The van der Waals surface area contributed by atoms with Gasteiger partial charge in [0.05, 0.1) is 5.69 Å². The van der Waals surface area contributed by atoms with E-state index in [4.69, 9.17) is 0 Å². The van der Waals surface area contributed by atoms with Crippen molar-refractivity contribution in [3.05, 3.63) is 18.0 Å². The minimum absolute atomic E-state index is 0. The molecule has 114 valence electrons. The molecule has 0 aromatic carbocycles. The second-order valence-electron chi connectivity index (χ2n) is 4.25. The van der Waals surface area contributed by atoms with E-state index in [1.165, 1.54) is 5.69 Å². The van der Waals surface area contributed by atoms with Gasteiger partial charge < -0.3 is 10.2 Å². The highest BCUT2D eigenvalue weighted by atomic mass is 35.5. The predicted octanol–water partition coefficient (Wildman–Crippen LogP) is 2.57. The third-order valence-corrected chi connectivity index (χ3v) is 3.05. The molecule has 0 aliphatic heterocycles. The summed E-state index contributed by atoms with van der Waals surface area (Å²) in [4.78, 5) is 2.43. The number of halogens is 2. The van der Waals surface area contributed by atoms with Crippen molar-refractivity contribution in [1.29, 1.82) is 0 Å². The van der Waals surface area contributed by atoms with E-state index in [0.717, 1.165) is 45.7 Å². The lowest BCUT2D eigenvalue weighted by Gasteiger charge is -2.18. The van der Waals surface area contributed by atoms with Crippen LogP contribution in [0, 0.1) is 0 Å². The van der Waals surface area contributed by atoms with Crippen molar-refractivity contribution >= 4 is 24.8 Å². The smallest absolute Gasteiger partial charge is 0.0522 e. The Kier molecular flexibility index (Phi) is 14.1. The molecule has 1 aromatic rings. The molecule has 1 N–H and O–H groups in total. The van der Waals surface area contributed by atoms with E-state index in [-0.39, 0.29) is 24.8 Å². The number of nitrogens with zero attached hydrogens (tertiary/aromatic N) is 3. The van der Waals surface area contributed by atoms with Crippen LogP contribution < -0.4 is 5.32 Å². The maximum Gasteiger partial charge on any atom is 0.0522 e. The molecule has 0 spiro atoms. The van der Waals surface area contributed by atoms with E-state index in [9.17, 15) is 0 Å². The minimum atomic E-state index is 0. The first-order valence-corrected chi connectivity index (χ1v) is 6.75. The second-order valence-corrected chi connectivity index (χ2v) is 4.25. The Bertz CT molecular complexity index is 301. The molecule has 0 unspecified atom stereocenters. The summed E-state index contributed by atoms with van der Waals surface area (Å²) in [7, 11) is 0. The Morgan fingerprint density at radius 3 is 2.47 bits per heavy atom. The highest BCUT2D eigenvalue weighted by molar-refractivity contribution is 5.85. The summed E-state index contributed by atoms with van der Waals surface area (Å²) in [5, 5.41) is 7.80. The first-order chi connectivity index (χ1) is 8.31. The Labute approximate surface area is 129 Å². The number of likely N-dealkylation sites (N-methyl/N-ethyl adjacent to an activating group) is 1. The highest BCUT2D eigenvalue weighted by Gasteiger charge is 2.01. The van der Waals surface area contributed by atoms with E-state index in [2.05, 4.69) is 46.8 Å². The summed E-state index contributed by atoms with van der Waals surface area (Å²) >= 11 is 0. The zero-order chi connectivity index (χ0) is 12.5. The molecule has 1 aromatic heterocycles. The summed E-state index contributed by atoms with van der Waals surface area (Å²) in [6, 6.07) is 2.10. The predicted molar refractivity (Wildman–Crippen MR) is 86.5 cm³/mol. The molecule has 0 aliphatic carbocycles. The van der Waals surface area contributed by atoms with Gasteiger partial charge in [-0.25, -0.2) is 0 Å². The molecule has 0 saturated heterocycles. The third-order valence-electron chi connectivity index (χ3n) is 3.05. The fourth-order valence-corrected chi connectivity index (χ4v) is 1.92. The summed E-state index contributed by atoms with van der Waals surface area (Å²) < 4.78 is 2.09. The Hall–Kier alpha value is -0.290. The third kappa shape index (κ3) is 7.78. The van der Waals surface area contributed by atoms with Gasteiger partial charge in [0.1, 0.15) is 0 Å². The van der Waals surface area contributed by atoms with Crippen LogP contribution in [0.25, 0.3) is 0 Å². The molecule has 0 aliphatic rings. The average Bonchev–Trinajstić information content (AvgIpc) is 2.78. The highest BCUT2D eigenvalue weighted by Crippen LogP contribution is 1.99. The van der Waals surface area contributed by atoms with Gasteiger partial charge in [-0.15, -0.1) is 24.8 Å². The van der Waals surface area contributed by atoms with Gasteiger partial charge in [0, 0.05) is 32.4 Å². The number of rotatable bonds is 9. The molecule has 0 fully saturated rings. The van der Waals surface area contributed by atoms with Gasteiger partial charge in [-0.3, -0.25) is 4.68 Å². The van der Waals surface area contributed by atoms with Gasteiger partial charge in [0.2, 0.25) is 0 Å². The zero-order valence-corrected chi connectivity index (χ0v) is 13.9. The van der Waals surface area contributed by atoms with Gasteiger partial charge in [-0.2, -0.15) is 5.10 Å². The van der Waals surface area contributed by atoms with E-state index < -0.39 is 0 Å². The number of hydrogen-bond donors (Lipinski definition) is 1. The molecule has 1 rings (SSSR count). The fourth-order valence-electron chi connectivity index (χ4n) is 1.92. The molecule has 1 heterocycles. The van der Waals surface area contributed by atoms with Crippen LogP contribution in [0.1, 0.15) is 32.9 Å². The molecule has 0 radical (unpaired) electrons. The molecule has 4 nitrogen and oxygen atoms in total. The number of aromatic nitrogens is 2. The topological polar surface area (TPSA) is 33.1 Å². The molecule has 0 saturated carbocycles. The van der Waals surface area contributed by atoms with Crippen LogP contribution in [0.2, 0.25) is 0 Å². The van der Waals surface area contributed by atoms with Crippen molar-refractivity contribution in [2.45, 2.75) is 40.3 Å². The van der Waals surface area contributed by atoms with Gasteiger partial charge >= 0.3 is 0 Å². The van der Waals surface area contributed by atoms with Crippen LogP contribution in [-0.4, -0.2) is 40.9 Å². The maximum atomic E-state index is 4.32. The lowest BCUT2D eigenvalue weighted by molar-refractivity contribution is 0.301. The van der Waals surface area contributed by atoms with Gasteiger partial charge in [0.15, 0.2) is 0 Å².